The molecule has 0 atom stereocenters. The first-order chi connectivity index (χ1) is 13.7. The summed E-state index contributed by atoms with van der Waals surface area (Å²) in [5.41, 5.74) is 3.23. The molecule has 3 aromatic carbocycles. The van der Waals surface area contributed by atoms with Crippen molar-refractivity contribution in [3.8, 4) is 0 Å². The average molecular weight is 387 g/mol. The van der Waals surface area contributed by atoms with Crippen molar-refractivity contribution >= 4 is 34.3 Å². The second-order valence-electron chi connectivity index (χ2n) is 6.65. The second-order valence-corrected chi connectivity index (χ2v) is 7.77. The maximum atomic E-state index is 12.7. The summed E-state index contributed by atoms with van der Waals surface area (Å²) in [5.74, 6) is -0.0295. The van der Waals surface area contributed by atoms with Crippen LogP contribution in [-0.2, 0) is 17.8 Å². The number of hydrogen-bond donors (Lipinski definition) is 1. The Morgan fingerprint density at radius 2 is 1.75 bits per heavy atom. The van der Waals surface area contributed by atoms with E-state index in [1.165, 1.54) is 10.9 Å². The molecule has 1 heterocycles. The lowest BCUT2D eigenvalue weighted by Gasteiger charge is -2.12. The number of benzene rings is 3. The molecular weight excluding hydrogens is 364 g/mol. The number of amides is 1. The summed E-state index contributed by atoms with van der Waals surface area (Å²) in [6, 6.07) is 26.6. The number of rotatable bonds is 6. The first-order valence-corrected chi connectivity index (χ1v) is 10.2. The SMILES string of the molecule is CCc1ccc2c(ccn2CC(=O)Nc2ccccc2Sc2ccccc2)c1. The highest BCUT2D eigenvalue weighted by molar-refractivity contribution is 7.99. The zero-order chi connectivity index (χ0) is 19.3. The smallest absolute Gasteiger partial charge is 0.244 e. The largest absolute Gasteiger partial charge is 0.338 e. The lowest BCUT2D eigenvalue weighted by molar-refractivity contribution is -0.116. The third-order valence-electron chi connectivity index (χ3n) is 4.69. The normalized spacial score (nSPS) is 10.9. The lowest BCUT2D eigenvalue weighted by atomic mass is 10.1. The zero-order valence-corrected chi connectivity index (χ0v) is 16.6. The van der Waals surface area contributed by atoms with Crippen LogP contribution in [0.5, 0.6) is 0 Å². The fraction of sp³-hybridized carbons (Fsp3) is 0.125. The summed E-state index contributed by atoms with van der Waals surface area (Å²) in [7, 11) is 0. The molecule has 0 spiro atoms. The second kappa shape index (κ2) is 8.36. The van der Waals surface area contributed by atoms with E-state index in [4.69, 9.17) is 0 Å². The first-order valence-electron chi connectivity index (χ1n) is 9.42. The van der Waals surface area contributed by atoms with E-state index in [-0.39, 0.29) is 5.91 Å². The van der Waals surface area contributed by atoms with E-state index in [0.717, 1.165) is 27.4 Å². The van der Waals surface area contributed by atoms with Gasteiger partial charge in [-0.2, -0.15) is 0 Å². The summed E-state index contributed by atoms with van der Waals surface area (Å²) >= 11 is 1.65. The number of anilines is 1. The van der Waals surface area contributed by atoms with Crippen LogP contribution in [0.15, 0.2) is 94.9 Å². The Morgan fingerprint density at radius 3 is 2.57 bits per heavy atom. The minimum atomic E-state index is -0.0295. The molecule has 4 heteroatoms. The van der Waals surface area contributed by atoms with Gasteiger partial charge in [-0.25, -0.2) is 0 Å². The molecule has 4 rings (SSSR count). The van der Waals surface area contributed by atoms with Crippen LogP contribution in [-0.4, -0.2) is 10.5 Å². The third-order valence-corrected chi connectivity index (χ3v) is 5.77. The van der Waals surface area contributed by atoms with E-state index in [1.807, 2.05) is 53.2 Å². The molecule has 0 bridgehead atoms. The van der Waals surface area contributed by atoms with E-state index < -0.39 is 0 Å². The van der Waals surface area contributed by atoms with Gasteiger partial charge in [0.2, 0.25) is 5.91 Å². The van der Waals surface area contributed by atoms with Crippen molar-refractivity contribution in [2.24, 2.45) is 0 Å². The fourth-order valence-electron chi connectivity index (χ4n) is 3.23. The van der Waals surface area contributed by atoms with E-state index >= 15 is 0 Å². The summed E-state index contributed by atoms with van der Waals surface area (Å²) in [5, 5.41) is 4.25. The highest BCUT2D eigenvalue weighted by Crippen LogP contribution is 2.33. The number of nitrogens with zero attached hydrogens (tertiary/aromatic N) is 1. The van der Waals surface area contributed by atoms with Gasteiger partial charge in [0.15, 0.2) is 0 Å². The molecule has 3 nitrogen and oxygen atoms in total. The summed E-state index contributed by atoms with van der Waals surface area (Å²) < 4.78 is 2.00. The predicted octanol–water partition coefficient (Wildman–Crippen LogP) is 5.99. The van der Waals surface area contributed by atoms with Gasteiger partial charge >= 0.3 is 0 Å². The van der Waals surface area contributed by atoms with Crippen molar-refractivity contribution in [2.45, 2.75) is 29.7 Å². The molecule has 0 aliphatic rings. The number of aromatic nitrogens is 1. The van der Waals surface area contributed by atoms with Crippen LogP contribution in [0.1, 0.15) is 12.5 Å². The third kappa shape index (κ3) is 4.12. The molecular formula is C24H22N2OS. The number of aryl methyl sites for hydroxylation is 1. The van der Waals surface area contributed by atoms with E-state index in [2.05, 4.69) is 48.6 Å². The Balaban J connectivity index is 1.50. The Morgan fingerprint density at radius 1 is 0.964 bits per heavy atom. The number of nitrogens with one attached hydrogen (secondary N) is 1. The summed E-state index contributed by atoms with van der Waals surface area (Å²) in [4.78, 5) is 14.9. The van der Waals surface area contributed by atoms with E-state index in [0.29, 0.717) is 6.54 Å². The summed E-state index contributed by atoms with van der Waals surface area (Å²) in [6.07, 6.45) is 2.99. The molecule has 0 unspecified atom stereocenters. The van der Waals surface area contributed by atoms with Crippen LogP contribution in [0.4, 0.5) is 5.69 Å². The maximum Gasteiger partial charge on any atom is 0.244 e. The molecule has 0 aliphatic carbocycles. The van der Waals surface area contributed by atoms with Crippen LogP contribution >= 0.6 is 11.8 Å². The van der Waals surface area contributed by atoms with Crippen molar-refractivity contribution < 1.29 is 4.79 Å². The highest BCUT2D eigenvalue weighted by atomic mass is 32.2. The van der Waals surface area contributed by atoms with Gasteiger partial charge in [-0.05, 0) is 59.8 Å². The molecule has 28 heavy (non-hydrogen) atoms. The van der Waals surface area contributed by atoms with Crippen molar-refractivity contribution in [3.05, 3.63) is 90.6 Å². The Labute approximate surface area is 169 Å². The number of fused-ring (bicyclic) bond motifs is 1. The Kier molecular flexibility index (Phi) is 5.49. The van der Waals surface area contributed by atoms with E-state index in [1.54, 1.807) is 11.8 Å². The van der Waals surface area contributed by atoms with Gasteiger partial charge in [-0.3, -0.25) is 4.79 Å². The molecule has 4 aromatic rings. The molecule has 140 valence electrons. The molecule has 0 saturated heterocycles. The quantitative estimate of drug-likeness (QED) is 0.441. The number of carbonyl (C=O) groups is 1. The monoisotopic (exact) mass is 386 g/mol. The molecule has 0 fully saturated rings. The summed E-state index contributed by atoms with van der Waals surface area (Å²) in [6.45, 7) is 2.44. The molecule has 1 N–H and O–H groups in total. The molecule has 0 radical (unpaired) electrons. The molecule has 0 aliphatic heterocycles. The number of carbonyl (C=O) groups excluding carboxylic acids is 1. The van der Waals surface area contributed by atoms with Crippen LogP contribution in [0.3, 0.4) is 0 Å². The van der Waals surface area contributed by atoms with Crippen molar-refractivity contribution in [2.75, 3.05) is 5.32 Å². The van der Waals surface area contributed by atoms with Gasteiger partial charge in [0.05, 0.1) is 5.69 Å². The van der Waals surface area contributed by atoms with Crippen LogP contribution in [0.2, 0.25) is 0 Å². The minimum absolute atomic E-state index is 0.0295. The van der Waals surface area contributed by atoms with Crippen LogP contribution in [0.25, 0.3) is 10.9 Å². The van der Waals surface area contributed by atoms with Crippen LogP contribution < -0.4 is 5.32 Å². The predicted molar refractivity (Wildman–Crippen MR) is 117 cm³/mol. The van der Waals surface area contributed by atoms with E-state index in [9.17, 15) is 4.79 Å². The van der Waals surface area contributed by atoms with Gasteiger partial charge in [-0.1, -0.05) is 55.1 Å². The van der Waals surface area contributed by atoms with Gasteiger partial charge < -0.3 is 9.88 Å². The molecule has 1 amide bonds. The standard InChI is InChI=1S/C24H22N2OS/c1-2-18-12-13-22-19(16-18)14-15-26(22)17-24(27)25-21-10-6-7-11-23(21)28-20-8-4-3-5-9-20/h3-16H,2,17H2,1H3,(H,25,27). The van der Waals surface area contributed by atoms with Gasteiger partial charge in [-0.15, -0.1) is 0 Å². The Hall–Kier alpha value is -2.98. The average Bonchev–Trinajstić information content (AvgIpc) is 3.12. The zero-order valence-electron chi connectivity index (χ0n) is 15.8. The number of para-hydroxylation sites is 1. The van der Waals surface area contributed by atoms with Gasteiger partial charge in [0, 0.05) is 21.5 Å². The highest BCUT2D eigenvalue weighted by Gasteiger charge is 2.10. The van der Waals surface area contributed by atoms with Crippen molar-refractivity contribution in [1.29, 1.82) is 0 Å². The topological polar surface area (TPSA) is 34.0 Å². The lowest BCUT2D eigenvalue weighted by Crippen LogP contribution is -2.18. The molecule has 1 aromatic heterocycles. The van der Waals surface area contributed by atoms with Crippen molar-refractivity contribution in [1.82, 2.24) is 4.57 Å². The fourth-order valence-corrected chi connectivity index (χ4v) is 4.15. The van der Waals surface area contributed by atoms with Crippen LogP contribution in [0, 0.1) is 0 Å². The molecule has 0 saturated carbocycles. The maximum absolute atomic E-state index is 12.7. The number of hydrogen-bond acceptors (Lipinski definition) is 2. The Bertz CT molecular complexity index is 1100. The van der Waals surface area contributed by atoms with Gasteiger partial charge in [0.1, 0.15) is 6.54 Å². The van der Waals surface area contributed by atoms with Gasteiger partial charge in [0.25, 0.3) is 0 Å². The van der Waals surface area contributed by atoms with Crippen molar-refractivity contribution in [3.63, 3.8) is 0 Å². The minimum Gasteiger partial charge on any atom is -0.338 e. The first kappa shape index (κ1) is 18.4.